The van der Waals surface area contributed by atoms with Crippen molar-refractivity contribution in [2.45, 2.75) is 18.9 Å². The lowest BCUT2D eigenvalue weighted by molar-refractivity contribution is 0.0950. The number of carbonyl (C=O) groups excluding carboxylic acids is 1. The van der Waals surface area contributed by atoms with Crippen molar-refractivity contribution in [2.24, 2.45) is 0 Å². The quantitative estimate of drug-likeness (QED) is 0.657. The predicted molar refractivity (Wildman–Crippen MR) is 96.2 cm³/mol. The van der Waals surface area contributed by atoms with Crippen LogP contribution in [0, 0.1) is 0 Å². The van der Waals surface area contributed by atoms with E-state index in [0.717, 1.165) is 25.9 Å². The number of amides is 1. The summed E-state index contributed by atoms with van der Waals surface area (Å²) < 4.78 is 1.78. The number of hydrogen-bond acceptors (Lipinski definition) is 6. The molecule has 3 rings (SSSR count). The van der Waals surface area contributed by atoms with E-state index in [1.165, 1.54) is 6.20 Å². The summed E-state index contributed by atoms with van der Waals surface area (Å²) in [5.74, 6) is 0.273. The molecule has 1 aliphatic rings. The van der Waals surface area contributed by atoms with Gasteiger partial charge in [0.1, 0.15) is 5.82 Å². The van der Waals surface area contributed by atoms with Crippen LogP contribution in [0.5, 0.6) is 0 Å². The Morgan fingerprint density at radius 2 is 2.12 bits per heavy atom. The van der Waals surface area contributed by atoms with Crippen LogP contribution in [-0.4, -0.2) is 52.1 Å². The van der Waals surface area contributed by atoms with Gasteiger partial charge in [0.25, 0.3) is 5.91 Å². The number of piperidine rings is 1. The average Bonchev–Trinajstić information content (AvgIpc) is 3.11. The molecule has 3 N–H and O–H groups in total. The maximum atomic E-state index is 12.1. The minimum absolute atomic E-state index is 0.253. The van der Waals surface area contributed by atoms with Crippen molar-refractivity contribution < 1.29 is 4.79 Å². The molecule has 0 bridgehead atoms. The number of carbonyl (C=O) groups is 1. The zero-order valence-corrected chi connectivity index (χ0v) is 15.0. The highest BCUT2D eigenvalue weighted by molar-refractivity contribution is 6.35. The minimum Gasteiger partial charge on any atom is -0.367 e. The number of anilines is 1. The van der Waals surface area contributed by atoms with E-state index in [1.54, 1.807) is 16.9 Å². The van der Waals surface area contributed by atoms with Crippen molar-refractivity contribution in [3.05, 3.63) is 34.2 Å². The second kappa shape index (κ2) is 8.46. The first-order chi connectivity index (χ1) is 12.1. The van der Waals surface area contributed by atoms with Gasteiger partial charge in [-0.15, -0.1) is 5.10 Å². The van der Waals surface area contributed by atoms with E-state index < -0.39 is 0 Å². The molecule has 0 unspecified atom stereocenters. The van der Waals surface area contributed by atoms with Gasteiger partial charge in [-0.05, 0) is 32.0 Å². The third-order valence-electron chi connectivity index (χ3n) is 3.94. The van der Waals surface area contributed by atoms with Gasteiger partial charge in [0.05, 0.1) is 22.3 Å². The van der Waals surface area contributed by atoms with Crippen LogP contribution in [-0.2, 0) is 0 Å². The molecule has 1 saturated heterocycles. The number of halogens is 2. The molecular weight excluding hydrogens is 365 g/mol. The molecule has 134 valence electrons. The van der Waals surface area contributed by atoms with Crippen molar-refractivity contribution in [3.63, 3.8) is 0 Å². The smallest absolute Gasteiger partial charge is 0.273 e. The Kier molecular flexibility index (Phi) is 6.06. The summed E-state index contributed by atoms with van der Waals surface area (Å²) in [6, 6.07) is 1.91. The maximum Gasteiger partial charge on any atom is 0.273 e. The number of rotatable bonds is 6. The largest absolute Gasteiger partial charge is 0.367 e. The van der Waals surface area contributed by atoms with E-state index in [4.69, 9.17) is 23.2 Å². The van der Waals surface area contributed by atoms with Crippen LogP contribution >= 0.6 is 23.2 Å². The van der Waals surface area contributed by atoms with Gasteiger partial charge in [0.2, 0.25) is 0 Å². The summed E-state index contributed by atoms with van der Waals surface area (Å²) >= 11 is 11.8. The first-order valence-electron chi connectivity index (χ1n) is 8.09. The number of nitrogens with one attached hydrogen (secondary N) is 3. The fourth-order valence-corrected chi connectivity index (χ4v) is 3.07. The first-order valence-corrected chi connectivity index (χ1v) is 8.85. The number of pyridine rings is 1. The molecule has 0 spiro atoms. The molecule has 8 nitrogen and oxygen atoms in total. The lowest BCUT2D eigenvalue weighted by Gasteiger charge is -2.22. The summed E-state index contributed by atoms with van der Waals surface area (Å²) in [5.41, 5.74) is 0.321. The Bertz CT molecular complexity index is 730. The molecule has 1 amide bonds. The fourth-order valence-electron chi connectivity index (χ4n) is 2.62. The Balaban J connectivity index is 1.45. The molecule has 0 aromatic carbocycles. The van der Waals surface area contributed by atoms with Crippen molar-refractivity contribution >= 4 is 34.9 Å². The van der Waals surface area contributed by atoms with Gasteiger partial charge in [-0.3, -0.25) is 4.79 Å². The first kappa shape index (κ1) is 17.9. The van der Waals surface area contributed by atoms with Crippen LogP contribution in [0.3, 0.4) is 0 Å². The average molecular weight is 384 g/mol. The highest BCUT2D eigenvalue weighted by Crippen LogP contribution is 2.22. The fraction of sp³-hybridized carbons (Fsp3) is 0.467. The standard InChI is InChI=1S/C15H19Cl2N7O/c16-10-7-12(17)14(21-8-10)19-5-6-20-15(25)13-9-24(23-22-13)11-1-3-18-4-2-11/h7-9,11,18H,1-6H2,(H,19,21)(H,20,25). The van der Waals surface area contributed by atoms with Crippen LogP contribution in [0.15, 0.2) is 18.5 Å². The molecule has 0 saturated carbocycles. The second-order valence-electron chi connectivity index (χ2n) is 5.73. The molecule has 3 heterocycles. The highest BCUT2D eigenvalue weighted by Gasteiger charge is 2.18. The van der Waals surface area contributed by atoms with E-state index in [9.17, 15) is 4.79 Å². The Morgan fingerprint density at radius 1 is 1.32 bits per heavy atom. The molecule has 1 fully saturated rings. The number of hydrogen-bond donors (Lipinski definition) is 3. The summed E-state index contributed by atoms with van der Waals surface area (Å²) in [6.45, 7) is 2.79. The van der Waals surface area contributed by atoms with Gasteiger partial charge in [0, 0.05) is 19.3 Å². The van der Waals surface area contributed by atoms with Crippen LogP contribution < -0.4 is 16.0 Å². The maximum absolute atomic E-state index is 12.1. The molecule has 0 atom stereocenters. The topological polar surface area (TPSA) is 96.8 Å². The van der Waals surface area contributed by atoms with Crippen LogP contribution in [0.1, 0.15) is 29.4 Å². The van der Waals surface area contributed by atoms with Gasteiger partial charge in [-0.25, -0.2) is 9.67 Å². The van der Waals surface area contributed by atoms with Crippen molar-refractivity contribution in [2.75, 3.05) is 31.5 Å². The van der Waals surface area contributed by atoms with Crippen molar-refractivity contribution in [3.8, 4) is 0 Å². The van der Waals surface area contributed by atoms with Gasteiger partial charge in [0.15, 0.2) is 5.69 Å². The summed E-state index contributed by atoms with van der Waals surface area (Å²) in [7, 11) is 0. The molecule has 10 heteroatoms. The van der Waals surface area contributed by atoms with Gasteiger partial charge in [-0.2, -0.15) is 0 Å². The summed E-state index contributed by atoms with van der Waals surface area (Å²) in [6.07, 6.45) is 5.19. The van der Waals surface area contributed by atoms with E-state index in [2.05, 4.69) is 31.2 Å². The summed E-state index contributed by atoms with van der Waals surface area (Å²) in [4.78, 5) is 16.2. The van der Waals surface area contributed by atoms with E-state index >= 15 is 0 Å². The molecule has 0 aliphatic carbocycles. The van der Waals surface area contributed by atoms with Crippen LogP contribution in [0.4, 0.5) is 5.82 Å². The van der Waals surface area contributed by atoms with Crippen LogP contribution in [0.2, 0.25) is 10.0 Å². The molecule has 2 aromatic rings. The molecule has 2 aromatic heterocycles. The minimum atomic E-state index is -0.253. The SMILES string of the molecule is O=C(NCCNc1ncc(Cl)cc1Cl)c1cn(C2CCNCC2)nn1. The van der Waals surface area contributed by atoms with Crippen molar-refractivity contribution in [1.29, 1.82) is 0 Å². The zero-order valence-electron chi connectivity index (χ0n) is 13.5. The molecule has 0 radical (unpaired) electrons. The third-order valence-corrected chi connectivity index (χ3v) is 4.43. The van der Waals surface area contributed by atoms with Gasteiger partial charge >= 0.3 is 0 Å². The zero-order chi connectivity index (χ0) is 17.6. The Morgan fingerprint density at radius 3 is 2.88 bits per heavy atom. The molecule has 25 heavy (non-hydrogen) atoms. The van der Waals surface area contributed by atoms with E-state index in [-0.39, 0.29) is 5.91 Å². The number of aromatic nitrogens is 4. The van der Waals surface area contributed by atoms with Gasteiger partial charge in [-0.1, -0.05) is 28.4 Å². The molecule has 1 aliphatic heterocycles. The molecular formula is C15H19Cl2N7O. The van der Waals surface area contributed by atoms with Gasteiger partial charge < -0.3 is 16.0 Å². The predicted octanol–water partition coefficient (Wildman–Crippen LogP) is 1.75. The van der Waals surface area contributed by atoms with E-state index in [1.807, 2.05) is 0 Å². The Hall–Kier alpha value is -1.90. The second-order valence-corrected chi connectivity index (χ2v) is 6.58. The normalized spacial score (nSPS) is 15.1. The van der Waals surface area contributed by atoms with Crippen LogP contribution in [0.25, 0.3) is 0 Å². The lowest BCUT2D eigenvalue weighted by atomic mass is 10.1. The lowest BCUT2D eigenvalue weighted by Crippen LogP contribution is -2.30. The number of nitrogens with zero attached hydrogens (tertiary/aromatic N) is 4. The van der Waals surface area contributed by atoms with E-state index in [0.29, 0.717) is 40.7 Å². The third kappa shape index (κ3) is 4.81. The Labute approximate surface area is 155 Å². The summed E-state index contributed by atoms with van der Waals surface area (Å²) in [5, 5.41) is 18.1. The highest BCUT2D eigenvalue weighted by atomic mass is 35.5. The van der Waals surface area contributed by atoms with Crippen molar-refractivity contribution in [1.82, 2.24) is 30.6 Å². The monoisotopic (exact) mass is 383 g/mol.